The van der Waals surface area contributed by atoms with Gasteiger partial charge in [0.05, 0.1) is 4.92 Å². The first-order valence-electron chi connectivity index (χ1n) is 7.49. The molecule has 0 unspecified atom stereocenters. The molecule has 126 valence electrons. The monoisotopic (exact) mass is 393 g/mol. The summed E-state index contributed by atoms with van der Waals surface area (Å²) >= 11 is 3.54. The topological polar surface area (TPSA) is 95.4 Å². The zero-order chi connectivity index (χ0) is 17.1. The predicted molar refractivity (Wildman–Crippen MR) is 90.6 cm³/mol. The van der Waals surface area contributed by atoms with Crippen LogP contribution in [0.4, 0.5) is 5.69 Å². The number of hydrogen-bond acceptors (Lipinski definition) is 5. The van der Waals surface area contributed by atoms with E-state index in [1.807, 2.05) is 18.2 Å². The molecule has 0 atom stereocenters. The van der Waals surface area contributed by atoms with Gasteiger partial charge in [-0.3, -0.25) is 24.9 Å². The Bertz CT molecular complexity index is 755. The lowest BCUT2D eigenvalue weighted by Crippen LogP contribution is -2.48. The molecular formula is C15H16BrN5O3. The molecule has 1 aliphatic rings. The van der Waals surface area contributed by atoms with Crippen molar-refractivity contribution in [3.05, 3.63) is 56.3 Å². The second kappa shape index (κ2) is 7.10. The molecule has 0 spiro atoms. The zero-order valence-electron chi connectivity index (χ0n) is 12.8. The first kappa shape index (κ1) is 16.6. The van der Waals surface area contributed by atoms with Crippen LogP contribution >= 0.6 is 15.9 Å². The van der Waals surface area contributed by atoms with Crippen molar-refractivity contribution in [2.24, 2.45) is 0 Å². The van der Waals surface area contributed by atoms with Gasteiger partial charge in [0.15, 0.2) is 0 Å². The van der Waals surface area contributed by atoms with E-state index in [4.69, 9.17) is 0 Å². The Morgan fingerprint density at radius 1 is 1.29 bits per heavy atom. The summed E-state index contributed by atoms with van der Waals surface area (Å²) in [6, 6.07) is 8.04. The lowest BCUT2D eigenvalue weighted by atomic mass is 10.2. The molecule has 8 nitrogen and oxygen atoms in total. The van der Waals surface area contributed by atoms with Crippen molar-refractivity contribution in [3.63, 3.8) is 0 Å². The lowest BCUT2D eigenvalue weighted by molar-refractivity contribution is -0.385. The van der Waals surface area contributed by atoms with Gasteiger partial charge in [-0.1, -0.05) is 34.1 Å². The van der Waals surface area contributed by atoms with E-state index < -0.39 is 4.92 Å². The standard InChI is InChI=1S/C15H16BrN5O3/c16-12-4-2-1-3-11(12)10-19-5-7-20(8-6-19)15(22)14-13(21(23)24)9-17-18-14/h1-4,9H,5-8,10H2,(H,17,18). The van der Waals surface area contributed by atoms with Crippen molar-refractivity contribution < 1.29 is 9.72 Å². The molecule has 1 aromatic carbocycles. The van der Waals surface area contributed by atoms with Crippen molar-refractivity contribution in [1.82, 2.24) is 20.0 Å². The number of aromatic amines is 1. The highest BCUT2D eigenvalue weighted by molar-refractivity contribution is 9.10. The molecular weight excluding hydrogens is 378 g/mol. The number of benzene rings is 1. The normalized spacial score (nSPS) is 15.5. The van der Waals surface area contributed by atoms with Crippen molar-refractivity contribution in [3.8, 4) is 0 Å². The van der Waals surface area contributed by atoms with Crippen LogP contribution in [-0.4, -0.2) is 57.0 Å². The van der Waals surface area contributed by atoms with Crippen LogP contribution in [-0.2, 0) is 6.54 Å². The number of halogens is 1. The minimum absolute atomic E-state index is 0.0562. The third kappa shape index (κ3) is 3.46. The van der Waals surface area contributed by atoms with Gasteiger partial charge in [-0.25, -0.2) is 0 Å². The van der Waals surface area contributed by atoms with Crippen LogP contribution in [0.2, 0.25) is 0 Å². The van der Waals surface area contributed by atoms with Crippen LogP contribution in [0, 0.1) is 10.1 Å². The van der Waals surface area contributed by atoms with E-state index >= 15 is 0 Å². The minimum atomic E-state index is -0.597. The maximum absolute atomic E-state index is 12.4. The molecule has 24 heavy (non-hydrogen) atoms. The van der Waals surface area contributed by atoms with Gasteiger partial charge >= 0.3 is 5.69 Å². The molecule has 0 bridgehead atoms. The highest BCUT2D eigenvalue weighted by Gasteiger charge is 2.29. The highest BCUT2D eigenvalue weighted by atomic mass is 79.9. The quantitative estimate of drug-likeness (QED) is 0.633. The molecule has 1 fully saturated rings. The Hall–Kier alpha value is -2.26. The molecule has 2 aromatic rings. The summed E-state index contributed by atoms with van der Waals surface area (Å²) < 4.78 is 1.07. The first-order chi connectivity index (χ1) is 11.6. The van der Waals surface area contributed by atoms with E-state index in [0.717, 1.165) is 30.3 Å². The van der Waals surface area contributed by atoms with Crippen molar-refractivity contribution in [2.75, 3.05) is 26.2 Å². The predicted octanol–water partition coefficient (Wildman–Crippen LogP) is 2.04. The molecule has 0 radical (unpaired) electrons. The Balaban J connectivity index is 1.61. The Kier molecular flexibility index (Phi) is 4.91. The fourth-order valence-corrected chi connectivity index (χ4v) is 3.12. The summed E-state index contributed by atoms with van der Waals surface area (Å²) in [4.78, 5) is 26.6. The second-order valence-electron chi connectivity index (χ2n) is 5.55. The number of amides is 1. The van der Waals surface area contributed by atoms with Crippen molar-refractivity contribution in [2.45, 2.75) is 6.54 Å². The zero-order valence-corrected chi connectivity index (χ0v) is 14.4. The third-order valence-electron chi connectivity index (χ3n) is 4.04. The fraction of sp³-hybridized carbons (Fsp3) is 0.333. The van der Waals surface area contributed by atoms with E-state index in [1.54, 1.807) is 4.90 Å². The van der Waals surface area contributed by atoms with Gasteiger partial charge in [-0.15, -0.1) is 0 Å². The average molecular weight is 394 g/mol. The van der Waals surface area contributed by atoms with E-state index in [9.17, 15) is 14.9 Å². The summed E-state index contributed by atoms with van der Waals surface area (Å²) in [6.07, 6.45) is 1.07. The Morgan fingerprint density at radius 3 is 2.67 bits per heavy atom. The van der Waals surface area contributed by atoms with Crippen molar-refractivity contribution >= 4 is 27.5 Å². The fourth-order valence-electron chi connectivity index (χ4n) is 2.71. The first-order valence-corrected chi connectivity index (χ1v) is 8.28. The van der Waals surface area contributed by atoms with Crippen LogP contribution in [0.15, 0.2) is 34.9 Å². The molecule has 1 aliphatic heterocycles. The molecule has 1 saturated heterocycles. The van der Waals surface area contributed by atoms with E-state index in [2.05, 4.69) is 37.1 Å². The molecule has 2 heterocycles. The van der Waals surface area contributed by atoms with Gasteiger partial charge < -0.3 is 4.90 Å². The van der Waals surface area contributed by atoms with Crippen LogP contribution in [0.3, 0.4) is 0 Å². The van der Waals surface area contributed by atoms with Gasteiger partial charge in [0.25, 0.3) is 5.91 Å². The number of nitrogens with one attached hydrogen (secondary N) is 1. The largest absolute Gasteiger partial charge is 0.335 e. The molecule has 0 aliphatic carbocycles. The summed E-state index contributed by atoms with van der Waals surface area (Å²) in [6.45, 7) is 3.29. The van der Waals surface area contributed by atoms with Gasteiger partial charge in [0.2, 0.25) is 5.69 Å². The number of carbonyl (C=O) groups excluding carboxylic acids is 1. The van der Waals surface area contributed by atoms with Gasteiger partial charge in [0.1, 0.15) is 6.20 Å². The minimum Gasteiger partial charge on any atom is -0.335 e. The number of rotatable bonds is 4. The number of piperazine rings is 1. The van der Waals surface area contributed by atoms with E-state index in [1.165, 1.54) is 5.56 Å². The summed E-state index contributed by atoms with van der Waals surface area (Å²) in [5, 5.41) is 17.0. The van der Waals surface area contributed by atoms with E-state index in [-0.39, 0.29) is 17.3 Å². The highest BCUT2D eigenvalue weighted by Crippen LogP contribution is 2.20. The molecule has 1 aromatic heterocycles. The average Bonchev–Trinajstić information content (AvgIpc) is 3.07. The van der Waals surface area contributed by atoms with E-state index in [0.29, 0.717) is 13.1 Å². The number of nitro groups is 1. The summed E-state index contributed by atoms with van der Waals surface area (Å²) in [5.74, 6) is -0.375. The maximum Gasteiger partial charge on any atom is 0.319 e. The maximum atomic E-state index is 12.4. The number of hydrogen-bond donors (Lipinski definition) is 1. The van der Waals surface area contributed by atoms with Crippen molar-refractivity contribution in [1.29, 1.82) is 0 Å². The molecule has 3 rings (SSSR count). The van der Waals surface area contributed by atoms with Gasteiger partial charge in [0, 0.05) is 37.2 Å². The molecule has 1 N–H and O–H groups in total. The molecule has 9 heteroatoms. The second-order valence-corrected chi connectivity index (χ2v) is 6.40. The van der Waals surface area contributed by atoms with Crippen LogP contribution < -0.4 is 0 Å². The summed E-state index contributed by atoms with van der Waals surface area (Å²) in [7, 11) is 0. The van der Waals surface area contributed by atoms with Gasteiger partial charge in [-0.05, 0) is 11.6 Å². The number of nitrogens with zero attached hydrogens (tertiary/aromatic N) is 4. The SMILES string of the molecule is O=C(c1[nH]ncc1[N+](=O)[O-])N1CCN(Cc2ccccc2Br)CC1. The lowest BCUT2D eigenvalue weighted by Gasteiger charge is -2.34. The Morgan fingerprint density at radius 2 is 2.00 bits per heavy atom. The number of aromatic nitrogens is 2. The number of carbonyl (C=O) groups is 1. The summed E-state index contributed by atoms with van der Waals surface area (Å²) in [5.41, 5.74) is 0.858. The van der Waals surface area contributed by atoms with Crippen LogP contribution in [0.1, 0.15) is 16.1 Å². The molecule has 1 amide bonds. The van der Waals surface area contributed by atoms with Gasteiger partial charge in [-0.2, -0.15) is 5.10 Å². The third-order valence-corrected chi connectivity index (χ3v) is 4.81. The smallest absolute Gasteiger partial charge is 0.319 e. The van der Waals surface area contributed by atoms with Crippen LogP contribution in [0.25, 0.3) is 0 Å². The Labute approximate surface area is 146 Å². The molecule has 0 saturated carbocycles. The van der Waals surface area contributed by atoms with Crippen LogP contribution in [0.5, 0.6) is 0 Å². The number of H-pyrrole nitrogens is 1.